The van der Waals surface area contributed by atoms with Crippen molar-refractivity contribution in [2.75, 3.05) is 18.5 Å². The van der Waals surface area contributed by atoms with Crippen LogP contribution in [0.25, 0.3) is 0 Å². The number of hydrogen-bond acceptors (Lipinski definition) is 2. The van der Waals surface area contributed by atoms with Gasteiger partial charge in [-0.2, -0.15) is 0 Å². The Kier molecular flexibility index (Phi) is 3.38. The molecule has 0 saturated heterocycles. The van der Waals surface area contributed by atoms with E-state index < -0.39 is 6.10 Å². The quantitative estimate of drug-likeness (QED) is 0.870. The molecule has 17 heavy (non-hydrogen) atoms. The van der Waals surface area contributed by atoms with Gasteiger partial charge in [0.15, 0.2) is 0 Å². The Morgan fingerprint density at radius 2 is 2.18 bits per heavy atom. The summed E-state index contributed by atoms with van der Waals surface area (Å²) in [6.07, 6.45) is 0.634. The van der Waals surface area contributed by atoms with Crippen molar-refractivity contribution in [2.24, 2.45) is 11.8 Å². The molecular weight excluding hydrogens is 217 g/mol. The van der Waals surface area contributed by atoms with Crippen LogP contribution in [-0.4, -0.2) is 18.7 Å². The molecule has 2 rings (SSSR count). The molecule has 0 amide bonds. The zero-order chi connectivity index (χ0) is 12.6. The van der Waals surface area contributed by atoms with Gasteiger partial charge in [-0.25, -0.2) is 4.39 Å². The molecule has 1 aliphatic rings. The lowest BCUT2D eigenvalue weighted by atomic mass is 10.1. The molecule has 1 aromatic carbocycles. The number of aliphatic hydroxyl groups is 1. The predicted molar refractivity (Wildman–Crippen MR) is 67.6 cm³/mol. The molecular formula is C14H20FNO. The number of aliphatic hydroxyl groups excluding tert-OH is 1. The van der Waals surface area contributed by atoms with Crippen LogP contribution in [0.5, 0.6) is 0 Å². The first-order valence-corrected chi connectivity index (χ1v) is 6.17. The summed E-state index contributed by atoms with van der Waals surface area (Å²) in [5, 5.41) is 9.69. The number of anilines is 1. The molecule has 3 atom stereocenters. The topological polar surface area (TPSA) is 23.5 Å². The van der Waals surface area contributed by atoms with Crippen molar-refractivity contribution < 1.29 is 9.50 Å². The van der Waals surface area contributed by atoms with E-state index in [1.165, 1.54) is 18.6 Å². The summed E-state index contributed by atoms with van der Waals surface area (Å²) in [5.41, 5.74) is 1.60. The Morgan fingerprint density at radius 3 is 2.71 bits per heavy atom. The molecule has 1 saturated carbocycles. The van der Waals surface area contributed by atoms with E-state index >= 15 is 0 Å². The van der Waals surface area contributed by atoms with E-state index in [9.17, 15) is 9.50 Å². The van der Waals surface area contributed by atoms with Gasteiger partial charge in [0.1, 0.15) is 5.82 Å². The van der Waals surface area contributed by atoms with Gasteiger partial charge < -0.3 is 10.0 Å². The highest BCUT2D eigenvalue weighted by molar-refractivity contribution is 5.54. The molecule has 0 aromatic heterocycles. The zero-order valence-electron chi connectivity index (χ0n) is 10.7. The summed E-state index contributed by atoms with van der Waals surface area (Å²) in [6.45, 7) is 4.90. The van der Waals surface area contributed by atoms with Crippen LogP contribution >= 0.6 is 0 Å². The van der Waals surface area contributed by atoms with Crippen LogP contribution in [-0.2, 0) is 0 Å². The molecule has 1 N–H and O–H groups in total. The molecule has 2 nitrogen and oxygen atoms in total. The highest BCUT2D eigenvalue weighted by atomic mass is 19.1. The number of rotatable bonds is 4. The fourth-order valence-electron chi connectivity index (χ4n) is 2.31. The van der Waals surface area contributed by atoms with E-state index in [0.29, 0.717) is 5.56 Å². The highest BCUT2D eigenvalue weighted by Crippen LogP contribution is 2.39. The van der Waals surface area contributed by atoms with Crippen molar-refractivity contribution in [2.45, 2.75) is 26.4 Å². The number of halogens is 1. The largest absolute Gasteiger partial charge is 0.389 e. The highest BCUT2D eigenvalue weighted by Gasteiger charge is 2.33. The SMILES string of the molecule is CC1CC1CN(C)c1ccc(F)cc1[C@@H](C)O. The molecule has 0 spiro atoms. The Labute approximate surface area is 102 Å². The van der Waals surface area contributed by atoms with Gasteiger partial charge >= 0.3 is 0 Å². The predicted octanol–water partition coefficient (Wildman–Crippen LogP) is 2.97. The Hall–Kier alpha value is -1.09. The maximum absolute atomic E-state index is 13.2. The van der Waals surface area contributed by atoms with Crippen LogP contribution in [0.15, 0.2) is 18.2 Å². The van der Waals surface area contributed by atoms with Crippen molar-refractivity contribution in [1.29, 1.82) is 0 Å². The molecule has 2 unspecified atom stereocenters. The molecule has 94 valence electrons. The van der Waals surface area contributed by atoms with Crippen molar-refractivity contribution in [1.82, 2.24) is 0 Å². The normalized spacial score (nSPS) is 24.5. The molecule has 1 aromatic rings. The van der Waals surface area contributed by atoms with Gasteiger partial charge in [0, 0.05) is 24.8 Å². The number of nitrogens with zero attached hydrogens (tertiary/aromatic N) is 1. The maximum atomic E-state index is 13.2. The minimum Gasteiger partial charge on any atom is -0.389 e. The van der Waals surface area contributed by atoms with E-state index in [2.05, 4.69) is 11.8 Å². The minimum absolute atomic E-state index is 0.294. The molecule has 1 fully saturated rings. The summed E-state index contributed by atoms with van der Waals surface area (Å²) >= 11 is 0. The number of benzene rings is 1. The average molecular weight is 237 g/mol. The summed E-state index contributed by atoms with van der Waals surface area (Å²) in [5.74, 6) is 1.25. The lowest BCUT2D eigenvalue weighted by Crippen LogP contribution is -2.22. The van der Waals surface area contributed by atoms with Gasteiger partial charge in [-0.15, -0.1) is 0 Å². The lowest BCUT2D eigenvalue weighted by Gasteiger charge is -2.23. The molecule has 0 aliphatic heterocycles. The molecule has 0 radical (unpaired) electrons. The monoisotopic (exact) mass is 237 g/mol. The zero-order valence-corrected chi connectivity index (χ0v) is 10.7. The Bertz CT molecular complexity index is 405. The Morgan fingerprint density at radius 1 is 1.53 bits per heavy atom. The summed E-state index contributed by atoms with van der Waals surface area (Å²) in [7, 11) is 2.00. The van der Waals surface area contributed by atoms with E-state index in [1.54, 1.807) is 13.0 Å². The van der Waals surface area contributed by atoms with Crippen LogP contribution in [0.4, 0.5) is 10.1 Å². The van der Waals surface area contributed by atoms with Gasteiger partial charge in [0.25, 0.3) is 0 Å². The summed E-state index contributed by atoms with van der Waals surface area (Å²) in [6, 6.07) is 4.63. The smallest absolute Gasteiger partial charge is 0.123 e. The van der Waals surface area contributed by atoms with E-state index in [-0.39, 0.29) is 5.82 Å². The van der Waals surface area contributed by atoms with E-state index in [4.69, 9.17) is 0 Å². The van der Waals surface area contributed by atoms with Crippen LogP contribution in [0.1, 0.15) is 31.9 Å². The number of hydrogen-bond donors (Lipinski definition) is 1. The first kappa shape index (κ1) is 12.4. The van der Waals surface area contributed by atoms with Crippen molar-refractivity contribution in [3.05, 3.63) is 29.6 Å². The van der Waals surface area contributed by atoms with Crippen LogP contribution in [0.3, 0.4) is 0 Å². The van der Waals surface area contributed by atoms with E-state index in [1.807, 2.05) is 7.05 Å². The first-order valence-electron chi connectivity index (χ1n) is 6.17. The van der Waals surface area contributed by atoms with Crippen molar-refractivity contribution in [3.8, 4) is 0 Å². The maximum Gasteiger partial charge on any atom is 0.123 e. The second-order valence-corrected chi connectivity index (χ2v) is 5.23. The summed E-state index contributed by atoms with van der Waals surface area (Å²) in [4.78, 5) is 2.12. The van der Waals surface area contributed by atoms with E-state index in [0.717, 1.165) is 24.1 Å². The van der Waals surface area contributed by atoms with Gasteiger partial charge in [-0.05, 0) is 43.4 Å². The van der Waals surface area contributed by atoms with Crippen LogP contribution in [0.2, 0.25) is 0 Å². The third-order valence-corrected chi connectivity index (χ3v) is 3.64. The molecule has 0 heterocycles. The van der Waals surface area contributed by atoms with Crippen molar-refractivity contribution in [3.63, 3.8) is 0 Å². The minimum atomic E-state index is -0.639. The fourth-order valence-corrected chi connectivity index (χ4v) is 2.31. The molecule has 0 bridgehead atoms. The third-order valence-electron chi connectivity index (χ3n) is 3.64. The van der Waals surface area contributed by atoms with Gasteiger partial charge in [-0.3, -0.25) is 0 Å². The van der Waals surface area contributed by atoms with Gasteiger partial charge in [0.2, 0.25) is 0 Å². The van der Waals surface area contributed by atoms with Gasteiger partial charge in [-0.1, -0.05) is 6.92 Å². The third kappa shape index (κ3) is 2.78. The first-order chi connectivity index (χ1) is 7.99. The second-order valence-electron chi connectivity index (χ2n) is 5.23. The average Bonchev–Trinajstić information content (AvgIpc) is 2.93. The Balaban J connectivity index is 2.18. The summed E-state index contributed by atoms with van der Waals surface area (Å²) < 4.78 is 13.2. The molecule has 3 heteroatoms. The van der Waals surface area contributed by atoms with Crippen molar-refractivity contribution >= 4 is 5.69 Å². The lowest BCUT2D eigenvalue weighted by molar-refractivity contribution is 0.199. The van der Waals surface area contributed by atoms with Crippen LogP contribution < -0.4 is 4.90 Å². The standard InChI is InChI=1S/C14H20FNO/c1-9-6-11(9)8-16(3)14-5-4-12(15)7-13(14)10(2)17/h4-5,7,9-11,17H,6,8H2,1-3H3/t9?,10-,11?/m1/s1. The second kappa shape index (κ2) is 4.65. The van der Waals surface area contributed by atoms with Crippen LogP contribution in [0, 0.1) is 17.7 Å². The molecule has 1 aliphatic carbocycles. The van der Waals surface area contributed by atoms with Gasteiger partial charge in [0.05, 0.1) is 6.10 Å². The fraction of sp³-hybridized carbons (Fsp3) is 0.571.